The summed E-state index contributed by atoms with van der Waals surface area (Å²) < 4.78 is 0. The first kappa shape index (κ1) is 13.8. The Hall–Kier alpha value is -1.30. The number of rotatable bonds is 4. The van der Waals surface area contributed by atoms with Crippen LogP contribution in [-0.4, -0.2) is 35.2 Å². The van der Waals surface area contributed by atoms with Gasteiger partial charge in [0.15, 0.2) is 0 Å². The molecule has 6 nitrogen and oxygen atoms in total. The molecule has 0 aliphatic heterocycles. The van der Waals surface area contributed by atoms with Gasteiger partial charge in [0.05, 0.1) is 0 Å². The summed E-state index contributed by atoms with van der Waals surface area (Å²) >= 11 is 0. The van der Waals surface area contributed by atoms with E-state index in [4.69, 9.17) is 10.8 Å². The van der Waals surface area contributed by atoms with Crippen LogP contribution in [0, 0.1) is 0 Å². The van der Waals surface area contributed by atoms with E-state index in [0.717, 1.165) is 25.7 Å². The maximum absolute atomic E-state index is 11.6. The van der Waals surface area contributed by atoms with Gasteiger partial charge in [0.2, 0.25) is 0 Å². The number of urea groups is 1. The van der Waals surface area contributed by atoms with Gasteiger partial charge in [0.25, 0.3) is 0 Å². The van der Waals surface area contributed by atoms with Crippen LogP contribution in [0.1, 0.15) is 39.0 Å². The van der Waals surface area contributed by atoms with Crippen molar-refractivity contribution >= 4 is 12.0 Å². The van der Waals surface area contributed by atoms with E-state index in [1.54, 1.807) is 6.92 Å². The maximum Gasteiger partial charge on any atom is 0.326 e. The molecule has 0 spiro atoms. The summed E-state index contributed by atoms with van der Waals surface area (Å²) in [5.41, 5.74) is 5.89. The third-order valence-electron chi connectivity index (χ3n) is 3.15. The lowest BCUT2D eigenvalue weighted by atomic mass is 9.91. The largest absolute Gasteiger partial charge is 0.480 e. The first-order valence-electron chi connectivity index (χ1n) is 6.10. The molecule has 1 aliphatic carbocycles. The highest BCUT2D eigenvalue weighted by molar-refractivity contribution is 5.82. The molecular weight excluding hydrogens is 222 g/mol. The molecule has 0 bridgehead atoms. The number of nitrogens with two attached hydrogens (primary N) is 1. The molecule has 1 fully saturated rings. The Balaban J connectivity index is 2.40. The highest BCUT2D eigenvalue weighted by Crippen LogP contribution is 2.16. The van der Waals surface area contributed by atoms with Crippen molar-refractivity contribution in [1.29, 1.82) is 0 Å². The van der Waals surface area contributed by atoms with E-state index in [1.165, 1.54) is 0 Å². The lowest BCUT2D eigenvalue weighted by Crippen LogP contribution is -2.54. The third kappa shape index (κ3) is 4.22. The molecule has 1 rings (SSSR count). The molecule has 0 aromatic heterocycles. The molecule has 0 aromatic rings. The smallest absolute Gasteiger partial charge is 0.326 e. The van der Waals surface area contributed by atoms with E-state index in [9.17, 15) is 9.59 Å². The minimum atomic E-state index is -1.02. The van der Waals surface area contributed by atoms with Gasteiger partial charge in [-0.05, 0) is 19.3 Å². The predicted octanol–water partition coefficient (Wildman–Crippen LogP) is 0.419. The van der Waals surface area contributed by atoms with E-state index in [2.05, 4.69) is 10.6 Å². The summed E-state index contributed by atoms with van der Waals surface area (Å²) in [7, 11) is 0. The Morgan fingerprint density at radius 3 is 2.59 bits per heavy atom. The molecule has 5 N–H and O–H groups in total. The summed E-state index contributed by atoms with van der Waals surface area (Å²) in [6.45, 7) is 1.71. The normalized spacial score (nSPS) is 26.0. The Morgan fingerprint density at radius 1 is 1.41 bits per heavy atom. The van der Waals surface area contributed by atoms with Crippen molar-refractivity contribution in [3.05, 3.63) is 0 Å². The monoisotopic (exact) mass is 243 g/mol. The van der Waals surface area contributed by atoms with Crippen LogP contribution in [0.5, 0.6) is 0 Å². The average molecular weight is 243 g/mol. The second-order valence-corrected chi connectivity index (χ2v) is 4.47. The second-order valence-electron chi connectivity index (χ2n) is 4.47. The molecule has 98 valence electrons. The maximum atomic E-state index is 11.6. The van der Waals surface area contributed by atoms with E-state index in [0.29, 0.717) is 6.42 Å². The highest BCUT2D eigenvalue weighted by atomic mass is 16.4. The minimum absolute atomic E-state index is 0.0283. The fourth-order valence-corrected chi connectivity index (χ4v) is 2.05. The molecule has 0 radical (unpaired) electrons. The van der Waals surface area contributed by atoms with Crippen LogP contribution in [-0.2, 0) is 4.79 Å². The highest BCUT2D eigenvalue weighted by Gasteiger charge is 2.25. The van der Waals surface area contributed by atoms with Crippen molar-refractivity contribution in [3.63, 3.8) is 0 Å². The zero-order chi connectivity index (χ0) is 12.8. The van der Waals surface area contributed by atoms with E-state index >= 15 is 0 Å². The van der Waals surface area contributed by atoms with Gasteiger partial charge >= 0.3 is 12.0 Å². The molecule has 0 heterocycles. The van der Waals surface area contributed by atoms with Crippen molar-refractivity contribution < 1.29 is 14.7 Å². The van der Waals surface area contributed by atoms with E-state index in [1.807, 2.05) is 0 Å². The number of carboxylic acids is 1. The van der Waals surface area contributed by atoms with Gasteiger partial charge in [0.1, 0.15) is 6.04 Å². The molecule has 6 heteroatoms. The zero-order valence-corrected chi connectivity index (χ0v) is 10.1. The molecule has 2 amide bonds. The molecule has 0 saturated heterocycles. The first-order chi connectivity index (χ1) is 8.04. The van der Waals surface area contributed by atoms with E-state index < -0.39 is 18.0 Å². The lowest BCUT2D eigenvalue weighted by Gasteiger charge is -2.29. The summed E-state index contributed by atoms with van der Waals surface area (Å²) in [5, 5.41) is 14.0. The van der Waals surface area contributed by atoms with Gasteiger partial charge in [0, 0.05) is 12.1 Å². The standard InChI is InChI=1S/C11H21N3O3/c1-2-8(10(15)16)13-11(17)14-9-6-4-3-5-7(9)12/h7-9H,2-6,12H2,1H3,(H,15,16)(H2,13,14,17). The summed E-state index contributed by atoms with van der Waals surface area (Å²) in [6.07, 6.45) is 4.27. The Labute approximate surface area is 101 Å². The molecule has 1 aliphatic rings. The fourth-order valence-electron chi connectivity index (χ4n) is 2.05. The molecular formula is C11H21N3O3. The second kappa shape index (κ2) is 6.44. The molecule has 1 saturated carbocycles. The molecule has 3 atom stereocenters. The number of amides is 2. The van der Waals surface area contributed by atoms with Crippen molar-refractivity contribution in [1.82, 2.24) is 10.6 Å². The van der Waals surface area contributed by atoms with E-state index in [-0.39, 0.29) is 12.1 Å². The zero-order valence-electron chi connectivity index (χ0n) is 10.1. The number of hydrogen-bond donors (Lipinski definition) is 4. The number of nitrogens with one attached hydrogen (secondary N) is 2. The van der Waals surface area contributed by atoms with Gasteiger partial charge in [-0.3, -0.25) is 0 Å². The van der Waals surface area contributed by atoms with Gasteiger partial charge in [-0.2, -0.15) is 0 Å². The van der Waals surface area contributed by atoms with Crippen LogP contribution in [0.25, 0.3) is 0 Å². The van der Waals surface area contributed by atoms with Crippen LogP contribution in [0.2, 0.25) is 0 Å². The van der Waals surface area contributed by atoms with Crippen LogP contribution < -0.4 is 16.4 Å². The summed E-state index contributed by atoms with van der Waals surface area (Å²) in [6, 6.07) is -1.36. The molecule has 0 aromatic carbocycles. The Bertz CT molecular complexity index is 283. The van der Waals surface area contributed by atoms with Crippen LogP contribution in [0.3, 0.4) is 0 Å². The summed E-state index contributed by atoms with van der Waals surface area (Å²) in [5.74, 6) is -1.02. The number of carbonyl (C=O) groups excluding carboxylic acids is 1. The third-order valence-corrected chi connectivity index (χ3v) is 3.15. The number of carbonyl (C=O) groups is 2. The van der Waals surface area contributed by atoms with Crippen LogP contribution >= 0.6 is 0 Å². The predicted molar refractivity (Wildman–Crippen MR) is 63.6 cm³/mol. The number of hydrogen-bond acceptors (Lipinski definition) is 3. The first-order valence-corrected chi connectivity index (χ1v) is 6.10. The van der Waals surface area contributed by atoms with Crippen molar-refractivity contribution in [2.75, 3.05) is 0 Å². The van der Waals surface area contributed by atoms with Crippen molar-refractivity contribution in [2.24, 2.45) is 5.73 Å². The van der Waals surface area contributed by atoms with Gasteiger partial charge < -0.3 is 21.5 Å². The summed E-state index contributed by atoms with van der Waals surface area (Å²) in [4.78, 5) is 22.3. The van der Waals surface area contributed by atoms with Crippen molar-refractivity contribution in [2.45, 2.75) is 57.2 Å². The minimum Gasteiger partial charge on any atom is -0.480 e. The Kier molecular flexibility index (Phi) is 5.21. The van der Waals surface area contributed by atoms with Crippen LogP contribution in [0.15, 0.2) is 0 Å². The number of aliphatic carboxylic acids is 1. The lowest BCUT2D eigenvalue weighted by molar-refractivity contribution is -0.139. The quantitative estimate of drug-likeness (QED) is 0.574. The van der Waals surface area contributed by atoms with Crippen LogP contribution in [0.4, 0.5) is 4.79 Å². The van der Waals surface area contributed by atoms with Gasteiger partial charge in [-0.25, -0.2) is 9.59 Å². The SMILES string of the molecule is CCC(NC(=O)NC1CCCCC1N)C(=O)O. The molecule has 17 heavy (non-hydrogen) atoms. The van der Waals surface area contributed by atoms with Gasteiger partial charge in [-0.15, -0.1) is 0 Å². The Morgan fingerprint density at radius 2 is 2.06 bits per heavy atom. The fraction of sp³-hybridized carbons (Fsp3) is 0.818. The average Bonchev–Trinajstić information content (AvgIpc) is 2.28. The number of carboxylic acid groups (broad SMARTS) is 1. The van der Waals surface area contributed by atoms with Crippen molar-refractivity contribution in [3.8, 4) is 0 Å². The molecule has 3 unspecified atom stereocenters. The topological polar surface area (TPSA) is 104 Å². The van der Waals surface area contributed by atoms with Gasteiger partial charge in [-0.1, -0.05) is 19.8 Å².